The number of hydrogen-bond donors (Lipinski definition) is 1. The Bertz CT molecular complexity index is 266. The maximum absolute atomic E-state index is 11.0. The van der Waals surface area contributed by atoms with Crippen molar-refractivity contribution >= 4 is 5.78 Å². The van der Waals surface area contributed by atoms with Gasteiger partial charge in [-0.05, 0) is 31.4 Å². The molecule has 0 fully saturated rings. The summed E-state index contributed by atoms with van der Waals surface area (Å²) in [6.07, 6.45) is 12.7. The first kappa shape index (κ1) is 12.2. The highest BCUT2D eigenvalue weighted by molar-refractivity contribution is 5.93. The second kappa shape index (κ2) is 5.86. The van der Waals surface area contributed by atoms with E-state index in [4.69, 9.17) is 0 Å². The number of ketones is 1. The van der Waals surface area contributed by atoms with Crippen molar-refractivity contribution in [2.45, 2.75) is 51.0 Å². The van der Waals surface area contributed by atoms with E-state index < -0.39 is 5.60 Å². The molecule has 0 unspecified atom stereocenters. The molecule has 0 saturated carbocycles. The highest BCUT2D eigenvalue weighted by Gasteiger charge is 2.29. The van der Waals surface area contributed by atoms with Crippen LogP contribution in [-0.4, -0.2) is 16.5 Å². The van der Waals surface area contributed by atoms with Crippen LogP contribution in [0.2, 0.25) is 0 Å². The molecule has 1 aliphatic rings. The largest absolute Gasteiger partial charge is 0.385 e. The summed E-state index contributed by atoms with van der Waals surface area (Å²) in [4.78, 5) is 11.0. The van der Waals surface area contributed by atoms with Gasteiger partial charge in [-0.2, -0.15) is 0 Å². The zero-order chi connectivity index (χ0) is 11.1. The van der Waals surface area contributed by atoms with Crippen molar-refractivity contribution in [3.63, 3.8) is 0 Å². The monoisotopic (exact) mass is 208 g/mol. The molecule has 15 heavy (non-hydrogen) atoms. The van der Waals surface area contributed by atoms with Crippen molar-refractivity contribution in [1.82, 2.24) is 0 Å². The SMILES string of the molecule is CCCCCC=CC[C@]1(O)C=CC(=O)C1. The topological polar surface area (TPSA) is 37.3 Å². The second-order valence-electron chi connectivity index (χ2n) is 4.25. The fourth-order valence-electron chi connectivity index (χ4n) is 1.73. The quantitative estimate of drug-likeness (QED) is 0.538. The molecule has 0 saturated heterocycles. The molecule has 0 radical (unpaired) electrons. The van der Waals surface area contributed by atoms with Gasteiger partial charge in [0, 0.05) is 6.42 Å². The van der Waals surface area contributed by atoms with Crippen LogP contribution in [0.15, 0.2) is 24.3 Å². The molecule has 0 aliphatic heterocycles. The molecule has 1 rings (SSSR count). The molecule has 1 N–H and O–H groups in total. The number of hydrogen-bond acceptors (Lipinski definition) is 2. The zero-order valence-electron chi connectivity index (χ0n) is 9.41. The molecule has 0 aromatic rings. The van der Waals surface area contributed by atoms with Gasteiger partial charge in [-0.1, -0.05) is 31.9 Å². The Labute approximate surface area is 91.7 Å². The molecule has 0 aromatic carbocycles. The van der Waals surface area contributed by atoms with E-state index in [1.165, 1.54) is 25.3 Å². The fraction of sp³-hybridized carbons (Fsp3) is 0.615. The summed E-state index contributed by atoms with van der Waals surface area (Å²) in [7, 11) is 0. The normalized spacial score (nSPS) is 25.6. The van der Waals surface area contributed by atoms with Gasteiger partial charge in [0.05, 0.1) is 5.60 Å². The molecule has 0 aromatic heterocycles. The average molecular weight is 208 g/mol. The number of unbranched alkanes of at least 4 members (excludes halogenated alkanes) is 3. The summed E-state index contributed by atoms with van der Waals surface area (Å²) in [6, 6.07) is 0. The predicted molar refractivity (Wildman–Crippen MR) is 61.6 cm³/mol. The number of rotatable bonds is 6. The summed E-state index contributed by atoms with van der Waals surface area (Å²) in [5, 5.41) is 9.91. The van der Waals surface area contributed by atoms with E-state index in [0.29, 0.717) is 6.42 Å². The van der Waals surface area contributed by atoms with Crippen molar-refractivity contribution in [1.29, 1.82) is 0 Å². The molecule has 0 heterocycles. The standard InChI is InChI=1S/C13H20O2/c1-2-3-4-5-6-7-9-13(15)10-8-12(14)11-13/h6-8,10,15H,2-5,9,11H2,1H3/t13-/m0/s1. The minimum atomic E-state index is -0.904. The van der Waals surface area contributed by atoms with Gasteiger partial charge in [0.2, 0.25) is 0 Å². The van der Waals surface area contributed by atoms with Crippen molar-refractivity contribution in [3.8, 4) is 0 Å². The Morgan fingerprint density at radius 3 is 2.87 bits per heavy atom. The third-order valence-electron chi connectivity index (χ3n) is 2.67. The molecule has 0 amide bonds. The van der Waals surface area contributed by atoms with Crippen molar-refractivity contribution < 1.29 is 9.90 Å². The van der Waals surface area contributed by atoms with Crippen molar-refractivity contribution in [2.24, 2.45) is 0 Å². The van der Waals surface area contributed by atoms with Gasteiger partial charge < -0.3 is 5.11 Å². The molecular weight excluding hydrogens is 188 g/mol. The number of carbonyl (C=O) groups is 1. The lowest BCUT2D eigenvalue weighted by Crippen LogP contribution is -2.23. The lowest BCUT2D eigenvalue weighted by Gasteiger charge is -2.16. The van der Waals surface area contributed by atoms with E-state index in [2.05, 4.69) is 13.0 Å². The summed E-state index contributed by atoms with van der Waals surface area (Å²) < 4.78 is 0. The van der Waals surface area contributed by atoms with Crippen LogP contribution in [0.25, 0.3) is 0 Å². The lowest BCUT2D eigenvalue weighted by atomic mass is 9.98. The van der Waals surface area contributed by atoms with Gasteiger partial charge >= 0.3 is 0 Å². The van der Waals surface area contributed by atoms with Gasteiger partial charge in [-0.3, -0.25) is 4.79 Å². The highest BCUT2D eigenvalue weighted by atomic mass is 16.3. The Morgan fingerprint density at radius 1 is 1.47 bits per heavy atom. The van der Waals surface area contributed by atoms with Gasteiger partial charge in [0.1, 0.15) is 0 Å². The van der Waals surface area contributed by atoms with Crippen LogP contribution in [0, 0.1) is 0 Å². The van der Waals surface area contributed by atoms with Crippen LogP contribution in [0.4, 0.5) is 0 Å². The van der Waals surface area contributed by atoms with Gasteiger partial charge in [-0.15, -0.1) is 0 Å². The number of carbonyl (C=O) groups excluding carboxylic acids is 1. The molecular formula is C13H20O2. The molecule has 2 nitrogen and oxygen atoms in total. The van der Waals surface area contributed by atoms with Gasteiger partial charge in [0.15, 0.2) is 5.78 Å². The Hall–Kier alpha value is -0.890. The zero-order valence-corrected chi connectivity index (χ0v) is 9.41. The molecule has 0 spiro atoms. The smallest absolute Gasteiger partial charge is 0.158 e. The van der Waals surface area contributed by atoms with Crippen LogP contribution in [0.5, 0.6) is 0 Å². The highest BCUT2D eigenvalue weighted by Crippen LogP contribution is 2.24. The van der Waals surface area contributed by atoms with E-state index >= 15 is 0 Å². The van der Waals surface area contributed by atoms with Crippen molar-refractivity contribution in [2.75, 3.05) is 0 Å². The first-order valence-corrected chi connectivity index (χ1v) is 5.76. The van der Waals surface area contributed by atoms with Crippen LogP contribution < -0.4 is 0 Å². The fourth-order valence-corrected chi connectivity index (χ4v) is 1.73. The minimum absolute atomic E-state index is 0.0249. The first-order chi connectivity index (χ1) is 7.16. The van der Waals surface area contributed by atoms with E-state index in [0.717, 1.165) is 6.42 Å². The number of allylic oxidation sites excluding steroid dienone is 2. The van der Waals surface area contributed by atoms with E-state index in [1.807, 2.05) is 6.08 Å². The summed E-state index contributed by atoms with van der Waals surface area (Å²) in [6.45, 7) is 2.18. The summed E-state index contributed by atoms with van der Waals surface area (Å²) in [5.74, 6) is 0.0249. The third-order valence-corrected chi connectivity index (χ3v) is 2.67. The van der Waals surface area contributed by atoms with Crippen molar-refractivity contribution in [3.05, 3.63) is 24.3 Å². The maximum Gasteiger partial charge on any atom is 0.158 e. The van der Waals surface area contributed by atoms with Crippen LogP contribution >= 0.6 is 0 Å². The summed E-state index contributed by atoms with van der Waals surface area (Å²) in [5.41, 5.74) is -0.904. The Morgan fingerprint density at radius 2 is 2.27 bits per heavy atom. The molecule has 1 aliphatic carbocycles. The lowest BCUT2D eigenvalue weighted by molar-refractivity contribution is -0.116. The second-order valence-corrected chi connectivity index (χ2v) is 4.25. The van der Waals surface area contributed by atoms with Crippen LogP contribution in [0.3, 0.4) is 0 Å². The number of aliphatic hydroxyl groups is 1. The summed E-state index contributed by atoms with van der Waals surface area (Å²) >= 11 is 0. The molecule has 84 valence electrons. The average Bonchev–Trinajstić information content (AvgIpc) is 2.53. The minimum Gasteiger partial charge on any atom is -0.385 e. The van der Waals surface area contributed by atoms with Gasteiger partial charge in [0.25, 0.3) is 0 Å². The van der Waals surface area contributed by atoms with Gasteiger partial charge in [-0.25, -0.2) is 0 Å². The van der Waals surface area contributed by atoms with E-state index in [-0.39, 0.29) is 12.2 Å². The molecule has 1 atom stereocenters. The molecule has 2 heteroatoms. The Kier molecular flexibility index (Phi) is 4.76. The van der Waals surface area contributed by atoms with Crippen LogP contribution in [-0.2, 0) is 4.79 Å². The van der Waals surface area contributed by atoms with Crippen LogP contribution in [0.1, 0.15) is 45.4 Å². The first-order valence-electron chi connectivity index (χ1n) is 5.76. The Balaban J connectivity index is 2.19. The van der Waals surface area contributed by atoms with E-state index in [1.54, 1.807) is 6.08 Å². The molecule has 0 bridgehead atoms. The predicted octanol–water partition coefficient (Wildman–Crippen LogP) is 2.77. The third kappa shape index (κ3) is 4.43. The van der Waals surface area contributed by atoms with E-state index in [9.17, 15) is 9.90 Å². The maximum atomic E-state index is 11.0.